The molecule has 0 saturated heterocycles. The van der Waals surface area contributed by atoms with Crippen molar-refractivity contribution < 1.29 is 19.5 Å². The lowest BCUT2D eigenvalue weighted by atomic mass is 10.1. The summed E-state index contributed by atoms with van der Waals surface area (Å²) >= 11 is 25.5. The minimum absolute atomic E-state index is 0.0675. The van der Waals surface area contributed by atoms with E-state index in [9.17, 15) is 19.5 Å². The lowest BCUT2D eigenvalue weighted by molar-refractivity contribution is 0.0692. The van der Waals surface area contributed by atoms with Crippen molar-refractivity contribution in [3.8, 4) is 0 Å². The Morgan fingerprint density at radius 1 is 0.718 bits per heavy atom. The van der Waals surface area contributed by atoms with Crippen molar-refractivity contribution >= 4 is 103 Å². The first kappa shape index (κ1) is 27.4. The zero-order chi connectivity index (χ0) is 27.8. The quantitative estimate of drug-likeness (QED) is 0.113. The minimum atomic E-state index is -1.48. The number of amides is 1. The molecule has 0 radical (unpaired) electrons. The van der Waals surface area contributed by atoms with E-state index >= 15 is 0 Å². The van der Waals surface area contributed by atoms with Crippen molar-refractivity contribution in [3.63, 3.8) is 0 Å². The van der Waals surface area contributed by atoms with Gasteiger partial charge in [-0.2, -0.15) is 0 Å². The molecule has 5 aromatic rings. The summed E-state index contributed by atoms with van der Waals surface area (Å²) < 4.78 is 1.73. The molecule has 1 aromatic heterocycles. The Bertz CT molecular complexity index is 1750. The molecule has 2 N–H and O–H groups in total. The second-order valence-electron chi connectivity index (χ2n) is 8.34. The number of benzene rings is 4. The highest BCUT2D eigenvalue weighted by Gasteiger charge is 2.29. The van der Waals surface area contributed by atoms with Crippen LogP contribution in [-0.2, 0) is 0 Å². The second-order valence-corrected chi connectivity index (χ2v) is 10.9. The monoisotopic (exact) mass is 616 g/mol. The standard InChI is InChI=1S/C28H16Cl4N2O4S/c29-23-21(22(28(37)38)24(30)26(32)25(23)31)27(36)33-14-9-11-15(12-10-14)39-13-20(35)34-18-7-3-1-5-16(18)17-6-2-4-8-19(17)34/h1-12H,13H2,(H,33,36)(H,37,38). The molecule has 0 aliphatic carbocycles. The van der Waals surface area contributed by atoms with Crippen molar-refractivity contribution in [2.45, 2.75) is 4.90 Å². The summed E-state index contributed by atoms with van der Waals surface area (Å²) in [7, 11) is 0. The molecule has 0 bridgehead atoms. The van der Waals surface area contributed by atoms with E-state index in [2.05, 4.69) is 5.32 Å². The highest BCUT2D eigenvalue weighted by molar-refractivity contribution is 8.00. The van der Waals surface area contributed by atoms with Crippen LogP contribution in [0.2, 0.25) is 20.1 Å². The molecular formula is C28H16Cl4N2O4S. The maximum Gasteiger partial charge on any atom is 0.338 e. The zero-order valence-electron chi connectivity index (χ0n) is 19.7. The first-order valence-electron chi connectivity index (χ1n) is 11.3. The average molecular weight is 618 g/mol. The number of aromatic nitrogens is 1. The Balaban J connectivity index is 1.33. The molecule has 6 nitrogen and oxygen atoms in total. The van der Waals surface area contributed by atoms with Crippen LogP contribution in [0.25, 0.3) is 21.8 Å². The van der Waals surface area contributed by atoms with Crippen LogP contribution in [0.5, 0.6) is 0 Å². The number of nitrogens with one attached hydrogen (secondary N) is 1. The molecule has 0 fully saturated rings. The van der Waals surface area contributed by atoms with Gasteiger partial charge in [0.1, 0.15) is 0 Å². The van der Waals surface area contributed by atoms with Gasteiger partial charge in [-0.05, 0) is 36.4 Å². The van der Waals surface area contributed by atoms with Gasteiger partial charge in [-0.3, -0.25) is 14.2 Å². The molecule has 196 valence electrons. The normalized spacial score (nSPS) is 11.2. The maximum absolute atomic E-state index is 13.3. The van der Waals surface area contributed by atoms with Gasteiger partial charge in [0, 0.05) is 21.4 Å². The number of nitrogens with zero attached hydrogens (tertiary/aromatic N) is 1. The van der Waals surface area contributed by atoms with Gasteiger partial charge in [0.2, 0.25) is 5.91 Å². The van der Waals surface area contributed by atoms with E-state index < -0.39 is 23.0 Å². The summed E-state index contributed by atoms with van der Waals surface area (Å²) in [5.41, 5.74) is 1.11. The fourth-order valence-corrected chi connectivity index (χ4v) is 6.04. The molecule has 11 heteroatoms. The van der Waals surface area contributed by atoms with Crippen LogP contribution >= 0.6 is 58.2 Å². The summed E-state index contributed by atoms with van der Waals surface area (Å²) in [6.07, 6.45) is 0. The molecule has 0 unspecified atom stereocenters. The summed E-state index contributed by atoms with van der Waals surface area (Å²) in [6, 6.07) is 22.3. The third-order valence-corrected chi connectivity index (χ3v) is 8.81. The Hall–Kier alpha value is -3.20. The number of carboxylic acid groups (broad SMARTS) is 1. The topological polar surface area (TPSA) is 88.4 Å². The lowest BCUT2D eigenvalue weighted by Gasteiger charge is -2.14. The van der Waals surface area contributed by atoms with E-state index in [1.807, 2.05) is 48.5 Å². The summed E-state index contributed by atoms with van der Waals surface area (Å²) in [5, 5.41) is 13.0. The van der Waals surface area contributed by atoms with Crippen LogP contribution < -0.4 is 5.32 Å². The van der Waals surface area contributed by atoms with E-state index in [0.29, 0.717) is 5.69 Å². The number of carbonyl (C=O) groups excluding carboxylic acids is 2. The summed E-state index contributed by atoms with van der Waals surface area (Å²) in [4.78, 5) is 38.8. The number of fused-ring (bicyclic) bond motifs is 3. The van der Waals surface area contributed by atoms with Crippen molar-refractivity contribution in [1.82, 2.24) is 4.57 Å². The van der Waals surface area contributed by atoms with Crippen molar-refractivity contribution in [2.24, 2.45) is 0 Å². The van der Waals surface area contributed by atoms with Gasteiger partial charge in [0.15, 0.2) is 0 Å². The van der Waals surface area contributed by atoms with Crippen molar-refractivity contribution in [3.05, 3.63) is 104 Å². The molecule has 0 aliphatic heterocycles. The number of halogens is 4. The van der Waals surface area contributed by atoms with Gasteiger partial charge in [-0.1, -0.05) is 82.8 Å². The van der Waals surface area contributed by atoms with Gasteiger partial charge in [-0.25, -0.2) is 4.79 Å². The van der Waals surface area contributed by atoms with Crippen LogP contribution in [0.1, 0.15) is 25.5 Å². The average Bonchev–Trinajstić information content (AvgIpc) is 3.27. The number of thioether (sulfide) groups is 1. The molecule has 0 saturated carbocycles. The number of carboxylic acids is 1. The summed E-state index contributed by atoms with van der Waals surface area (Å²) in [6.45, 7) is 0. The number of anilines is 1. The number of hydrogen-bond donors (Lipinski definition) is 2. The van der Waals surface area contributed by atoms with Crippen LogP contribution in [0, 0.1) is 0 Å². The van der Waals surface area contributed by atoms with Gasteiger partial charge in [-0.15, -0.1) is 11.8 Å². The van der Waals surface area contributed by atoms with E-state index in [4.69, 9.17) is 46.4 Å². The van der Waals surface area contributed by atoms with Gasteiger partial charge >= 0.3 is 5.97 Å². The fraction of sp³-hybridized carbons (Fsp3) is 0.0357. The molecule has 0 atom stereocenters. The highest BCUT2D eigenvalue weighted by atomic mass is 35.5. The number of para-hydroxylation sites is 2. The Morgan fingerprint density at radius 2 is 1.23 bits per heavy atom. The van der Waals surface area contributed by atoms with E-state index in [1.54, 1.807) is 28.8 Å². The molecule has 4 aromatic carbocycles. The molecule has 0 aliphatic rings. The Morgan fingerprint density at radius 3 is 1.77 bits per heavy atom. The van der Waals surface area contributed by atoms with E-state index in [1.165, 1.54) is 11.8 Å². The smallest absolute Gasteiger partial charge is 0.338 e. The highest BCUT2D eigenvalue weighted by Crippen LogP contribution is 2.42. The molecule has 0 spiro atoms. The predicted molar refractivity (Wildman–Crippen MR) is 159 cm³/mol. The Labute approximate surface area is 246 Å². The minimum Gasteiger partial charge on any atom is -0.478 e. The van der Waals surface area contributed by atoms with Gasteiger partial charge < -0.3 is 10.4 Å². The molecule has 39 heavy (non-hydrogen) atoms. The molecule has 1 heterocycles. The lowest BCUT2D eigenvalue weighted by Crippen LogP contribution is -2.18. The van der Waals surface area contributed by atoms with E-state index in [0.717, 1.165) is 26.7 Å². The molecule has 1 amide bonds. The number of carbonyl (C=O) groups is 3. The van der Waals surface area contributed by atoms with Crippen molar-refractivity contribution in [2.75, 3.05) is 11.1 Å². The van der Waals surface area contributed by atoms with Crippen LogP contribution in [0.4, 0.5) is 5.69 Å². The van der Waals surface area contributed by atoms with E-state index in [-0.39, 0.29) is 31.8 Å². The zero-order valence-corrected chi connectivity index (χ0v) is 23.5. The largest absolute Gasteiger partial charge is 0.478 e. The van der Waals surface area contributed by atoms with Crippen molar-refractivity contribution in [1.29, 1.82) is 0 Å². The molecular weight excluding hydrogens is 602 g/mol. The number of hydrogen-bond acceptors (Lipinski definition) is 4. The SMILES string of the molecule is O=C(O)c1c(Cl)c(Cl)c(Cl)c(Cl)c1C(=O)Nc1ccc(SCC(=O)n2c3ccccc3c3ccccc32)cc1. The van der Waals surface area contributed by atoms with Gasteiger partial charge in [0.05, 0.1) is 48.0 Å². The van der Waals surface area contributed by atoms with Crippen LogP contribution in [0.3, 0.4) is 0 Å². The fourth-order valence-electron chi connectivity index (χ4n) is 4.27. The Kier molecular flexibility index (Phi) is 7.80. The number of rotatable bonds is 6. The second kappa shape index (κ2) is 11.1. The third kappa shape index (κ3) is 5.09. The van der Waals surface area contributed by atoms with Gasteiger partial charge in [0.25, 0.3) is 5.91 Å². The summed E-state index contributed by atoms with van der Waals surface area (Å²) in [5.74, 6) is -2.18. The number of aromatic carboxylic acids is 1. The van der Waals surface area contributed by atoms with Crippen LogP contribution in [0.15, 0.2) is 77.7 Å². The third-order valence-electron chi connectivity index (χ3n) is 6.01. The van der Waals surface area contributed by atoms with Crippen LogP contribution in [-0.4, -0.2) is 33.2 Å². The first-order valence-corrected chi connectivity index (χ1v) is 13.8. The molecule has 5 rings (SSSR count). The first-order chi connectivity index (χ1) is 18.7. The maximum atomic E-state index is 13.3. The predicted octanol–water partition coefficient (Wildman–Crippen LogP) is 8.79.